The van der Waals surface area contributed by atoms with Crippen LogP contribution < -0.4 is 0 Å². The SMILES string of the molecule is C[SiH](C)N1CCCCCC1. The fourth-order valence-corrected chi connectivity index (χ4v) is 3.01. The highest BCUT2D eigenvalue weighted by molar-refractivity contribution is 6.52. The highest BCUT2D eigenvalue weighted by Crippen LogP contribution is 2.10. The number of hydrogen-bond donors (Lipinski definition) is 0. The second-order valence-electron chi connectivity index (χ2n) is 3.54. The lowest BCUT2D eigenvalue weighted by Gasteiger charge is -2.22. The molecule has 0 saturated carbocycles. The first-order valence-corrected chi connectivity index (χ1v) is 7.37. The first-order chi connectivity index (χ1) is 4.80. The van der Waals surface area contributed by atoms with Gasteiger partial charge in [-0.15, -0.1) is 0 Å². The van der Waals surface area contributed by atoms with Crippen LogP contribution in [0.2, 0.25) is 13.1 Å². The van der Waals surface area contributed by atoms with Crippen molar-refractivity contribution in [2.45, 2.75) is 38.8 Å². The summed E-state index contributed by atoms with van der Waals surface area (Å²) < 4.78 is 2.73. The monoisotopic (exact) mass is 157 g/mol. The van der Waals surface area contributed by atoms with Crippen molar-refractivity contribution in [2.24, 2.45) is 0 Å². The molecule has 0 radical (unpaired) electrons. The third-order valence-corrected chi connectivity index (χ3v) is 4.35. The van der Waals surface area contributed by atoms with Crippen molar-refractivity contribution in [3.63, 3.8) is 0 Å². The molecule has 1 fully saturated rings. The van der Waals surface area contributed by atoms with Gasteiger partial charge in [0.1, 0.15) is 8.96 Å². The average Bonchev–Trinajstić information content (AvgIpc) is 2.12. The van der Waals surface area contributed by atoms with Gasteiger partial charge in [0.25, 0.3) is 0 Å². The molecular formula is C8H19NSi. The van der Waals surface area contributed by atoms with Crippen molar-refractivity contribution in [1.82, 2.24) is 4.57 Å². The summed E-state index contributed by atoms with van der Waals surface area (Å²) in [6.07, 6.45) is 5.84. The van der Waals surface area contributed by atoms with E-state index in [1.807, 2.05) is 0 Å². The molecule has 0 spiro atoms. The van der Waals surface area contributed by atoms with E-state index in [9.17, 15) is 0 Å². The molecule has 0 aromatic carbocycles. The van der Waals surface area contributed by atoms with Crippen molar-refractivity contribution in [1.29, 1.82) is 0 Å². The fourth-order valence-electron chi connectivity index (χ4n) is 1.61. The minimum atomic E-state index is -0.447. The van der Waals surface area contributed by atoms with Gasteiger partial charge in [0.15, 0.2) is 0 Å². The molecule has 1 nitrogen and oxygen atoms in total. The molecule has 1 rings (SSSR count). The zero-order valence-electron chi connectivity index (χ0n) is 7.27. The largest absolute Gasteiger partial charge is 0.327 e. The molecule has 1 heterocycles. The van der Waals surface area contributed by atoms with Crippen LogP contribution in [-0.2, 0) is 0 Å². The minimum absolute atomic E-state index is 0.447. The van der Waals surface area contributed by atoms with Crippen molar-refractivity contribution in [3.8, 4) is 0 Å². The maximum absolute atomic E-state index is 2.73. The van der Waals surface area contributed by atoms with Crippen molar-refractivity contribution < 1.29 is 0 Å². The van der Waals surface area contributed by atoms with Crippen LogP contribution in [0, 0.1) is 0 Å². The topological polar surface area (TPSA) is 3.24 Å². The Balaban J connectivity index is 2.28. The predicted molar refractivity (Wildman–Crippen MR) is 48.9 cm³/mol. The molecule has 0 aliphatic carbocycles. The minimum Gasteiger partial charge on any atom is -0.327 e. The number of nitrogens with zero attached hydrogens (tertiary/aromatic N) is 1. The van der Waals surface area contributed by atoms with E-state index in [1.165, 1.54) is 38.8 Å². The Hall–Kier alpha value is 0.177. The Bertz CT molecular complexity index is 85.3. The van der Waals surface area contributed by atoms with Gasteiger partial charge in [0, 0.05) is 0 Å². The molecule has 0 aromatic heterocycles. The molecule has 0 aromatic rings. The molecule has 60 valence electrons. The second kappa shape index (κ2) is 4.14. The van der Waals surface area contributed by atoms with Crippen molar-refractivity contribution in [2.75, 3.05) is 13.1 Å². The van der Waals surface area contributed by atoms with Gasteiger partial charge in [-0.25, -0.2) is 0 Å². The van der Waals surface area contributed by atoms with E-state index in [0.717, 1.165) is 0 Å². The highest BCUT2D eigenvalue weighted by Gasteiger charge is 2.11. The van der Waals surface area contributed by atoms with Gasteiger partial charge in [-0.3, -0.25) is 0 Å². The lowest BCUT2D eigenvalue weighted by Crippen LogP contribution is -2.35. The Kier molecular flexibility index (Phi) is 3.42. The molecule has 0 amide bonds. The van der Waals surface area contributed by atoms with Crippen LogP contribution in [0.4, 0.5) is 0 Å². The van der Waals surface area contributed by atoms with E-state index < -0.39 is 8.96 Å². The summed E-state index contributed by atoms with van der Waals surface area (Å²) >= 11 is 0. The van der Waals surface area contributed by atoms with E-state index in [4.69, 9.17) is 0 Å². The van der Waals surface area contributed by atoms with Crippen molar-refractivity contribution in [3.05, 3.63) is 0 Å². The summed E-state index contributed by atoms with van der Waals surface area (Å²) in [5, 5.41) is 0. The second-order valence-corrected chi connectivity index (χ2v) is 6.46. The van der Waals surface area contributed by atoms with E-state index >= 15 is 0 Å². The van der Waals surface area contributed by atoms with Gasteiger partial charge < -0.3 is 4.57 Å². The Morgan fingerprint density at radius 1 is 0.900 bits per heavy atom. The number of rotatable bonds is 1. The maximum atomic E-state index is 2.73. The Morgan fingerprint density at radius 3 is 1.80 bits per heavy atom. The van der Waals surface area contributed by atoms with Gasteiger partial charge in [0.2, 0.25) is 0 Å². The smallest absolute Gasteiger partial charge is 0.105 e. The van der Waals surface area contributed by atoms with E-state index in [0.29, 0.717) is 0 Å². The average molecular weight is 157 g/mol. The van der Waals surface area contributed by atoms with Crippen LogP contribution in [0.3, 0.4) is 0 Å². The molecule has 0 atom stereocenters. The van der Waals surface area contributed by atoms with Gasteiger partial charge in [-0.2, -0.15) is 0 Å². The lowest BCUT2D eigenvalue weighted by molar-refractivity contribution is 0.452. The molecule has 0 bridgehead atoms. The van der Waals surface area contributed by atoms with Crippen LogP contribution >= 0.6 is 0 Å². The predicted octanol–water partition coefficient (Wildman–Crippen LogP) is 1.85. The number of hydrogen-bond acceptors (Lipinski definition) is 1. The molecule has 2 heteroatoms. The van der Waals surface area contributed by atoms with Crippen molar-refractivity contribution >= 4 is 8.96 Å². The Morgan fingerprint density at radius 2 is 1.40 bits per heavy atom. The molecule has 0 N–H and O–H groups in total. The van der Waals surface area contributed by atoms with E-state index in [-0.39, 0.29) is 0 Å². The molecule has 10 heavy (non-hydrogen) atoms. The quantitative estimate of drug-likeness (QED) is 0.525. The molecular weight excluding hydrogens is 138 g/mol. The standard InChI is InChI=1S/C8H19NSi/c1-10(2)9-7-5-3-4-6-8-9/h10H,3-8H2,1-2H3. The van der Waals surface area contributed by atoms with Crippen LogP contribution in [0.25, 0.3) is 0 Å². The lowest BCUT2D eigenvalue weighted by atomic mass is 10.2. The zero-order chi connectivity index (χ0) is 7.40. The highest BCUT2D eigenvalue weighted by atomic mass is 28.3. The van der Waals surface area contributed by atoms with Gasteiger partial charge in [-0.1, -0.05) is 25.9 Å². The van der Waals surface area contributed by atoms with Crippen LogP contribution in [0.1, 0.15) is 25.7 Å². The van der Waals surface area contributed by atoms with Crippen LogP contribution in [0.15, 0.2) is 0 Å². The summed E-state index contributed by atoms with van der Waals surface area (Å²) in [6.45, 7) is 7.66. The maximum Gasteiger partial charge on any atom is 0.105 e. The summed E-state index contributed by atoms with van der Waals surface area (Å²) in [5.41, 5.74) is 0. The summed E-state index contributed by atoms with van der Waals surface area (Å²) in [7, 11) is -0.447. The molecule has 0 unspecified atom stereocenters. The van der Waals surface area contributed by atoms with Gasteiger partial charge >= 0.3 is 0 Å². The summed E-state index contributed by atoms with van der Waals surface area (Å²) in [5.74, 6) is 0. The first-order valence-electron chi connectivity index (χ1n) is 4.55. The zero-order valence-corrected chi connectivity index (χ0v) is 8.42. The third-order valence-electron chi connectivity index (χ3n) is 2.37. The van der Waals surface area contributed by atoms with E-state index in [1.54, 1.807) is 0 Å². The van der Waals surface area contributed by atoms with E-state index in [2.05, 4.69) is 17.7 Å². The van der Waals surface area contributed by atoms with Gasteiger partial charge in [0.05, 0.1) is 0 Å². The molecule has 1 saturated heterocycles. The third kappa shape index (κ3) is 2.43. The van der Waals surface area contributed by atoms with Crippen LogP contribution in [-0.4, -0.2) is 26.6 Å². The van der Waals surface area contributed by atoms with Gasteiger partial charge in [-0.05, 0) is 25.9 Å². The summed E-state index contributed by atoms with van der Waals surface area (Å²) in [6, 6.07) is 0. The van der Waals surface area contributed by atoms with Crippen LogP contribution in [0.5, 0.6) is 0 Å². The fraction of sp³-hybridized carbons (Fsp3) is 1.00. The first kappa shape index (κ1) is 8.28. The molecule has 1 aliphatic heterocycles. The Labute approximate surface area is 66.1 Å². The summed E-state index contributed by atoms with van der Waals surface area (Å²) in [4.78, 5) is 0. The normalized spacial score (nSPS) is 23.1. The molecule has 1 aliphatic rings.